The third-order valence-electron chi connectivity index (χ3n) is 5.50. The third kappa shape index (κ3) is 4.45. The lowest BCUT2D eigenvalue weighted by molar-refractivity contribution is -0.385. The minimum Gasteiger partial charge on any atom is -0.496 e. The molecule has 2 aliphatic rings. The molecule has 0 bridgehead atoms. The number of methoxy groups -OCH3 is 2. The topological polar surface area (TPSA) is 102 Å². The quantitative estimate of drug-likeness (QED) is 0.551. The second-order valence-corrected chi connectivity index (χ2v) is 7.36. The van der Waals surface area contributed by atoms with Gasteiger partial charge < -0.3 is 19.3 Å². The van der Waals surface area contributed by atoms with Gasteiger partial charge in [-0.3, -0.25) is 19.7 Å². The monoisotopic (exact) mass is 427 g/mol. The van der Waals surface area contributed by atoms with Crippen molar-refractivity contribution in [2.75, 3.05) is 14.2 Å². The molecule has 0 unspecified atom stereocenters. The molecule has 2 amide bonds. The average molecular weight is 427 g/mol. The molecule has 9 heteroatoms. The second-order valence-electron chi connectivity index (χ2n) is 7.36. The number of amides is 2. The van der Waals surface area contributed by atoms with Gasteiger partial charge in [-0.2, -0.15) is 0 Å². The van der Waals surface area contributed by atoms with E-state index in [0.29, 0.717) is 26.2 Å². The highest BCUT2D eigenvalue weighted by Crippen LogP contribution is 2.38. The molecule has 4 rings (SSSR count). The average Bonchev–Trinajstić information content (AvgIpc) is 3.37. The molecule has 0 atom stereocenters. The fourth-order valence-electron chi connectivity index (χ4n) is 3.83. The zero-order valence-electron chi connectivity index (χ0n) is 18.0. The van der Waals surface area contributed by atoms with Gasteiger partial charge in [0.05, 0.1) is 25.7 Å². The van der Waals surface area contributed by atoms with Gasteiger partial charge >= 0.3 is 5.69 Å². The Balaban J connectivity index is 0.000000179. The van der Waals surface area contributed by atoms with Crippen molar-refractivity contribution < 1.29 is 24.0 Å². The maximum Gasteiger partial charge on any atom is 0.311 e. The van der Waals surface area contributed by atoms with Crippen LogP contribution < -0.4 is 9.47 Å². The number of carbonyl (C=O) groups excluding carboxylic acids is 2. The summed E-state index contributed by atoms with van der Waals surface area (Å²) in [6.45, 7) is 5.32. The van der Waals surface area contributed by atoms with E-state index in [-0.39, 0.29) is 23.3 Å². The van der Waals surface area contributed by atoms with Crippen molar-refractivity contribution >= 4 is 17.5 Å². The lowest BCUT2D eigenvalue weighted by atomic mass is 10.1. The van der Waals surface area contributed by atoms with E-state index in [9.17, 15) is 19.7 Å². The van der Waals surface area contributed by atoms with Crippen LogP contribution in [0.2, 0.25) is 0 Å². The van der Waals surface area contributed by atoms with E-state index < -0.39 is 4.92 Å². The Bertz CT molecular complexity index is 1040. The first-order valence-corrected chi connectivity index (χ1v) is 9.75. The lowest BCUT2D eigenvalue weighted by Gasteiger charge is -2.11. The summed E-state index contributed by atoms with van der Waals surface area (Å²) in [6.07, 6.45) is 0. The minimum atomic E-state index is -0.477. The normalized spacial score (nSPS) is 13.7. The number of carbonyl (C=O) groups is 2. The summed E-state index contributed by atoms with van der Waals surface area (Å²) in [7, 11) is 3.06. The van der Waals surface area contributed by atoms with Crippen LogP contribution in [0.3, 0.4) is 0 Å². The molecular weight excluding hydrogens is 402 g/mol. The van der Waals surface area contributed by atoms with Crippen LogP contribution in [0.1, 0.15) is 36.1 Å². The zero-order valence-corrected chi connectivity index (χ0v) is 18.0. The molecule has 0 aromatic heterocycles. The van der Waals surface area contributed by atoms with E-state index in [1.165, 1.54) is 25.7 Å². The molecule has 164 valence electrons. The largest absolute Gasteiger partial charge is 0.496 e. The summed E-state index contributed by atoms with van der Waals surface area (Å²) in [5.74, 6) is 1.21. The highest BCUT2D eigenvalue weighted by Gasteiger charge is 2.29. The number of benzene rings is 2. The number of fused-ring (bicyclic) bond motifs is 2. The maximum absolute atomic E-state index is 11.3. The Morgan fingerprint density at radius 3 is 1.97 bits per heavy atom. The van der Waals surface area contributed by atoms with Crippen molar-refractivity contribution in [3.05, 3.63) is 62.7 Å². The molecule has 2 heterocycles. The van der Waals surface area contributed by atoms with Gasteiger partial charge in [0, 0.05) is 50.7 Å². The molecule has 2 aromatic rings. The summed E-state index contributed by atoms with van der Waals surface area (Å²) in [6, 6.07) is 9.03. The van der Waals surface area contributed by atoms with Gasteiger partial charge in [0.2, 0.25) is 17.6 Å². The molecule has 0 N–H and O–H groups in total. The van der Waals surface area contributed by atoms with Crippen molar-refractivity contribution in [2.45, 2.75) is 40.0 Å². The number of rotatable bonds is 3. The maximum atomic E-state index is 11.3. The Hall–Kier alpha value is -3.62. The fourth-order valence-corrected chi connectivity index (χ4v) is 3.83. The van der Waals surface area contributed by atoms with Gasteiger partial charge in [-0.05, 0) is 23.3 Å². The van der Waals surface area contributed by atoms with Crippen LogP contribution in [0.15, 0.2) is 30.3 Å². The van der Waals surface area contributed by atoms with Crippen LogP contribution in [0.4, 0.5) is 5.69 Å². The number of nitrogens with zero attached hydrogens (tertiary/aromatic N) is 3. The molecule has 0 saturated carbocycles. The molecule has 2 aromatic carbocycles. The lowest BCUT2D eigenvalue weighted by Crippen LogP contribution is -2.21. The van der Waals surface area contributed by atoms with Crippen molar-refractivity contribution in [2.24, 2.45) is 0 Å². The van der Waals surface area contributed by atoms with E-state index in [4.69, 9.17) is 9.47 Å². The molecular formula is C22H25N3O6. The van der Waals surface area contributed by atoms with Crippen molar-refractivity contribution in [1.29, 1.82) is 0 Å². The highest BCUT2D eigenvalue weighted by molar-refractivity contribution is 5.75. The number of nitro groups is 1. The predicted octanol–water partition coefficient (Wildman–Crippen LogP) is 3.02. The van der Waals surface area contributed by atoms with E-state index in [1.54, 1.807) is 25.0 Å². The molecule has 2 aliphatic heterocycles. The Labute approximate surface area is 180 Å². The second kappa shape index (κ2) is 9.03. The summed E-state index contributed by atoms with van der Waals surface area (Å²) in [5, 5.41) is 10.8. The van der Waals surface area contributed by atoms with Gasteiger partial charge in [0.1, 0.15) is 5.75 Å². The minimum absolute atomic E-state index is 0.0501. The predicted molar refractivity (Wildman–Crippen MR) is 112 cm³/mol. The molecule has 0 saturated heterocycles. The SMILES string of the molecule is COc1c([N+](=O)[O-])ccc2c1CN(C(C)=O)C2.COc1cccc2c1CN(C(C)=O)C2. The van der Waals surface area contributed by atoms with E-state index in [1.807, 2.05) is 23.1 Å². The molecule has 9 nitrogen and oxygen atoms in total. The number of nitro benzene ring substituents is 1. The van der Waals surface area contributed by atoms with Gasteiger partial charge in [-0.15, -0.1) is 0 Å². The van der Waals surface area contributed by atoms with Crippen molar-refractivity contribution in [3.8, 4) is 11.5 Å². The Kier molecular flexibility index (Phi) is 6.43. The third-order valence-corrected chi connectivity index (χ3v) is 5.50. The van der Waals surface area contributed by atoms with Gasteiger partial charge in [0.25, 0.3) is 0 Å². The molecule has 31 heavy (non-hydrogen) atoms. The van der Waals surface area contributed by atoms with Crippen molar-refractivity contribution in [3.63, 3.8) is 0 Å². The van der Waals surface area contributed by atoms with E-state index >= 15 is 0 Å². The number of hydrogen-bond donors (Lipinski definition) is 0. The molecule has 0 fully saturated rings. The number of hydrogen-bond acceptors (Lipinski definition) is 6. The molecule has 0 aliphatic carbocycles. The Morgan fingerprint density at radius 1 is 0.871 bits per heavy atom. The first kappa shape index (κ1) is 22.1. The van der Waals surface area contributed by atoms with Crippen molar-refractivity contribution in [1.82, 2.24) is 9.80 Å². The summed E-state index contributed by atoms with van der Waals surface area (Å²) < 4.78 is 10.3. The van der Waals surface area contributed by atoms with E-state index in [2.05, 4.69) is 0 Å². The van der Waals surface area contributed by atoms with Crippen LogP contribution in [-0.2, 0) is 35.8 Å². The van der Waals surface area contributed by atoms with Crippen LogP contribution in [0, 0.1) is 10.1 Å². The Morgan fingerprint density at radius 2 is 1.45 bits per heavy atom. The van der Waals surface area contributed by atoms with E-state index in [0.717, 1.165) is 22.4 Å². The molecule has 0 spiro atoms. The summed E-state index contributed by atoms with van der Waals surface area (Å²) >= 11 is 0. The highest BCUT2D eigenvalue weighted by atomic mass is 16.6. The van der Waals surface area contributed by atoms with Gasteiger partial charge in [-0.1, -0.05) is 12.1 Å². The van der Waals surface area contributed by atoms with Crippen LogP contribution in [0.5, 0.6) is 11.5 Å². The first-order valence-electron chi connectivity index (χ1n) is 9.75. The van der Waals surface area contributed by atoms with Crippen LogP contribution in [0.25, 0.3) is 0 Å². The number of ether oxygens (including phenoxy) is 2. The van der Waals surface area contributed by atoms with Gasteiger partial charge in [-0.25, -0.2) is 0 Å². The van der Waals surface area contributed by atoms with Gasteiger partial charge in [0.15, 0.2) is 0 Å². The first-order chi connectivity index (χ1) is 14.8. The fraction of sp³-hybridized carbons (Fsp3) is 0.364. The standard InChI is InChI=1S/C11H12N2O4.C11H13NO2/c1-7(14)12-5-8-3-4-10(13(15)16)11(17-2)9(8)6-12;1-8(13)12-6-9-4-3-5-11(14-2)10(9)7-12/h3-4H,5-6H2,1-2H3;3-5H,6-7H2,1-2H3. The van der Waals surface area contributed by atoms with Crippen LogP contribution >= 0.6 is 0 Å². The van der Waals surface area contributed by atoms with Crippen LogP contribution in [-0.4, -0.2) is 40.8 Å². The smallest absolute Gasteiger partial charge is 0.311 e. The zero-order chi connectivity index (χ0) is 22.7. The summed E-state index contributed by atoms with van der Waals surface area (Å²) in [5.41, 5.74) is 3.92. The molecule has 0 radical (unpaired) electrons. The summed E-state index contributed by atoms with van der Waals surface area (Å²) in [4.78, 5) is 36.3.